The number of amides is 4. The highest BCUT2D eigenvalue weighted by Crippen LogP contribution is 2.55. The number of hydrogen-bond acceptors (Lipinski definition) is 11. The minimum atomic E-state index is -1.04. The highest BCUT2D eigenvalue weighted by Gasteiger charge is 2.53. The summed E-state index contributed by atoms with van der Waals surface area (Å²) in [5.74, 6) is -2.56. The van der Waals surface area contributed by atoms with E-state index in [1.165, 1.54) is 12.5 Å². The van der Waals surface area contributed by atoms with E-state index < -0.39 is 53.4 Å². The molecule has 1 unspecified atom stereocenters. The number of ether oxygens (including phenoxy) is 3. The van der Waals surface area contributed by atoms with Gasteiger partial charge in [-0.25, -0.2) is 0 Å². The van der Waals surface area contributed by atoms with E-state index in [9.17, 15) is 34.2 Å². The molecule has 0 bridgehead atoms. The van der Waals surface area contributed by atoms with Crippen LogP contribution in [0.5, 0.6) is 0 Å². The number of fused-ring (bicyclic) bond motifs is 3. The Labute approximate surface area is 310 Å². The lowest BCUT2D eigenvalue weighted by Crippen LogP contribution is -2.54. The number of unbranched alkanes of at least 4 members (excludes halogenated alkanes) is 1. The van der Waals surface area contributed by atoms with Gasteiger partial charge in [0.2, 0.25) is 11.8 Å². The zero-order chi connectivity index (χ0) is 38.2. The molecule has 9 atom stereocenters. The molecule has 4 amide bonds. The van der Waals surface area contributed by atoms with Gasteiger partial charge < -0.3 is 29.7 Å². The SMILES string of the molecule is COC[C@H]1CC[C@@H]2/C1=C\[C@]1(C)C(=C([C@H](C)COC(C)=O)C[C@@H]1O)[C@@H](OCCCCNc1cccc3c1C(=O)N(C1CCC(=O)NC1=O)C3=O)[C@H](O)[C@@H]2C. The van der Waals surface area contributed by atoms with Crippen LogP contribution in [-0.2, 0) is 28.6 Å². The summed E-state index contributed by atoms with van der Waals surface area (Å²) in [7, 11) is 1.70. The first-order chi connectivity index (χ1) is 25.3. The van der Waals surface area contributed by atoms with E-state index >= 15 is 0 Å². The topological polar surface area (TPSA) is 181 Å². The first-order valence-corrected chi connectivity index (χ1v) is 18.9. The number of imide groups is 2. The van der Waals surface area contributed by atoms with Gasteiger partial charge in [-0.3, -0.25) is 34.2 Å². The third-order valence-corrected chi connectivity index (χ3v) is 12.1. The van der Waals surface area contributed by atoms with E-state index in [4.69, 9.17) is 14.2 Å². The second kappa shape index (κ2) is 15.8. The zero-order valence-electron chi connectivity index (χ0n) is 31.3. The fourth-order valence-corrected chi connectivity index (χ4v) is 9.25. The number of methoxy groups -OCH3 is 1. The maximum atomic E-state index is 13.5. The number of aliphatic hydroxyl groups is 2. The summed E-state index contributed by atoms with van der Waals surface area (Å²) in [6.07, 6.45) is 3.58. The molecule has 13 heteroatoms. The lowest BCUT2D eigenvalue weighted by atomic mass is 9.68. The average Bonchev–Trinajstić information content (AvgIpc) is 3.71. The minimum absolute atomic E-state index is 0.0483. The molecule has 13 nitrogen and oxygen atoms in total. The molecule has 2 aliphatic heterocycles. The van der Waals surface area contributed by atoms with Gasteiger partial charge in [0, 0.05) is 56.5 Å². The van der Waals surface area contributed by atoms with Crippen LogP contribution in [0.25, 0.3) is 0 Å². The molecule has 6 rings (SSSR count). The van der Waals surface area contributed by atoms with E-state index in [0.717, 1.165) is 28.9 Å². The molecule has 53 heavy (non-hydrogen) atoms. The van der Waals surface area contributed by atoms with Crippen LogP contribution < -0.4 is 10.6 Å². The summed E-state index contributed by atoms with van der Waals surface area (Å²) in [6.45, 7) is 8.97. The van der Waals surface area contributed by atoms with Crippen molar-refractivity contribution < 1.29 is 48.4 Å². The van der Waals surface area contributed by atoms with Gasteiger partial charge >= 0.3 is 5.97 Å². The summed E-state index contributed by atoms with van der Waals surface area (Å²) >= 11 is 0. The molecular weight excluding hydrogens is 682 g/mol. The Hall–Kier alpha value is -3.91. The molecule has 2 heterocycles. The van der Waals surface area contributed by atoms with Crippen LogP contribution in [0.3, 0.4) is 0 Å². The van der Waals surface area contributed by atoms with Crippen LogP contribution in [0.4, 0.5) is 5.69 Å². The number of nitrogens with one attached hydrogen (secondary N) is 2. The molecule has 1 saturated carbocycles. The van der Waals surface area contributed by atoms with Gasteiger partial charge in [0.15, 0.2) is 0 Å². The molecule has 1 saturated heterocycles. The number of benzene rings is 1. The van der Waals surface area contributed by atoms with E-state index in [1.54, 1.807) is 25.3 Å². The lowest BCUT2D eigenvalue weighted by molar-refractivity contribution is -0.142. The van der Waals surface area contributed by atoms with Gasteiger partial charge in [0.05, 0.1) is 36.5 Å². The normalized spacial score (nSPS) is 32.7. The van der Waals surface area contributed by atoms with Crippen LogP contribution in [0.1, 0.15) is 93.4 Å². The Morgan fingerprint density at radius 1 is 1.11 bits per heavy atom. The molecule has 0 radical (unpaired) electrons. The Morgan fingerprint density at radius 2 is 1.89 bits per heavy atom. The minimum Gasteiger partial charge on any atom is -0.465 e. The second-order valence-corrected chi connectivity index (χ2v) is 15.6. The first-order valence-electron chi connectivity index (χ1n) is 18.9. The van der Waals surface area contributed by atoms with Crippen molar-refractivity contribution in [2.45, 2.75) is 97.0 Å². The largest absolute Gasteiger partial charge is 0.465 e. The Morgan fingerprint density at radius 3 is 2.60 bits per heavy atom. The molecule has 0 aromatic heterocycles. The van der Waals surface area contributed by atoms with E-state index in [-0.39, 0.29) is 60.2 Å². The zero-order valence-corrected chi connectivity index (χ0v) is 31.3. The number of aliphatic hydroxyl groups excluding tert-OH is 2. The number of carbonyl (C=O) groups is 5. The van der Waals surface area contributed by atoms with Crippen LogP contribution in [0.15, 0.2) is 41.0 Å². The van der Waals surface area contributed by atoms with Gasteiger partial charge in [0.1, 0.15) is 12.1 Å². The fourth-order valence-electron chi connectivity index (χ4n) is 9.25. The third kappa shape index (κ3) is 7.33. The number of rotatable bonds is 13. The number of esters is 1. The Bertz CT molecular complexity index is 1700. The highest BCUT2D eigenvalue weighted by atomic mass is 16.5. The van der Waals surface area contributed by atoms with Crippen molar-refractivity contribution in [1.82, 2.24) is 10.2 Å². The molecule has 1 aromatic carbocycles. The van der Waals surface area contributed by atoms with Crippen LogP contribution >= 0.6 is 0 Å². The molecule has 5 aliphatic rings. The number of anilines is 1. The van der Waals surface area contributed by atoms with Crippen LogP contribution in [-0.4, -0.2) is 103 Å². The highest BCUT2D eigenvalue weighted by molar-refractivity contribution is 6.25. The summed E-state index contributed by atoms with van der Waals surface area (Å²) in [4.78, 5) is 63.6. The van der Waals surface area contributed by atoms with Crippen molar-refractivity contribution >= 4 is 35.3 Å². The van der Waals surface area contributed by atoms with Crippen LogP contribution in [0.2, 0.25) is 0 Å². The van der Waals surface area contributed by atoms with Crippen molar-refractivity contribution in [2.24, 2.45) is 29.1 Å². The summed E-state index contributed by atoms with van der Waals surface area (Å²) in [5.41, 5.74) is 3.14. The predicted molar refractivity (Wildman–Crippen MR) is 193 cm³/mol. The summed E-state index contributed by atoms with van der Waals surface area (Å²) < 4.78 is 17.6. The molecule has 3 aliphatic carbocycles. The van der Waals surface area contributed by atoms with Crippen molar-refractivity contribution in [3.05, 3.63) is 52.1 Å². The maximum Gasteiger partial charge on any atom is 0.302 e. The molecular formula is C40H53N3O10. The number of piperidine rings is 1. The molecule has 2 fully saturated rings. The van der Waals surface area contributed by atoms with Crippen molar-refractivity contribution in [3.8, 4) is 0 Å². The van der Waals surface area contributed by atoms with Gasteiger partial charge in [-0.2, -0.15) is 0 Å². The summed E-state index contributed by atoms with van der Waals surface area (Å²) in [6, 6.07) is 3.93. The lowest BCUT2D eigenvalue weighted by Gasteiger charge is -2.43. The van der Waals surface area contributed by atoms with E-state index in [0.29, 0.717) is 44.7 Å². The van der Waals surface area contributed by atoms with E-state index in [1.807, 2.05) is 13.8 Å². The van der Waals surface area contributed by atoms with Gasteiger partial charge in [0.25, 0.3) is 11.8 Å². The Balaban J connectivity index is 1.16. The maximum absolute atomic E-state index is 13.5. The van der Waals surface area contributed by atoms with Crippen molar-refractivity contribution in [2.75, 3.05) is 38.8 Å². The number of nitrogens with zero attached hydrogens (tertiary/aromatic N) is 1. The van der Waals surface area contributed by atoms with Crippen LogP contribution in [0, 0.1) is 29.1 Å². The average molecular weight is 736 g/mol. The predicted octanol–water partition coefficient (Wildman–Crippen LogP) is 3.54. The smallest absolute Gasteiger partial charge is 0.302 e. The van der Waals surface area contributed by atoms with Crippen molar-refractivity contribution in [3.63, 3.8) is 0 Å². The number of hydrogen-bond donors (Lipinski definition) is 4. The van der Waals surface area contributed by atoms with Crippen molar-refractivity contribution in [1.29, 1.82) is 0 Å². The number of carbonyl (C=O) groups excluding carboxylic acids is 5. The first kappa shape index (κ1) is 38.8. The monoisotopic (exact) mass is 735 g/mol. The van der Waals surface area contributed by atoms with E-state index in [2.05, 4.69) is 23.6 Å². The third-order valence-electron chi connectivity index (χ3n) is 12.1. The molecule has 0 spiro atoms. The van der Waals surface area contributed by atoms with Gasteiger partial charge in [-0.15, -0.1) is 0 Å². The standard InChI is InChI=1S/C40H53N3O10/c1-21(19-53-23(3)44)27-17-31(45)40(4)18-28-24(20-51-5)11-12-25(28)22(2)35(47)36(34(27)40)52-16-7-6-15-41-29-10-8-9-26-33(29)39(50)43(38(26)49)30-13-14-32(46)42-37(30)48/h8-10,18,21-22,24-25,30-31,35-36,41,45,47H,6-7,11-17,19-20H2,1-5H3,(H,42,46,48)/b28-18-/t21-,22-,24-,25+,30?,31+,35-,36-,40+/m1/s1. The molecule has 4 N–H and O–H groups in total. The van der Waals surface area contributed by atoms with Gasteiger partial charge in [-0.05, 0) is 75.0 Å². The van der Waals surface area contributed by atoms with Gasteiger partial charge in [-0.1, -0.05) is 37.1 Å². The summed E-state index contributed by atoms with van der Waals surface area (Å²) in [5, 5.41) is 29.3. The molecule has 288 valence electrons. The second-order valence-electron chi connectivity index (χ2n) is 15.6. The fraction of sp³-hybridized carbons (Fsp3) is 0.625. The Kier molecular flexibility index (Phi) is 11.6. The quantitative estimate of drug-likeness (QED) is 0.101. The molecule has 1 aromatic rings.